The van der Waals surface area contributed by atoms with Crippen molar-refractivity contribution in [2.75, 3.05) is 23.7 Å². The Morgan fingerprint density at radius 2 is 1.58 bits per heavy atom. The number of rotatable bonds is 7. The van der Waals surface area contributed by atoms with E-state index >= 15 is 0 Å². The Morgan fingerprint density at radius 3 is 2.14 bits per heavy atom. The molecule has 1 unspecified atom stereocenters. The summed E-state index contributed by atoms with van der Waals surface area (Å²) >= 11 is 0. The van der Waals surface area contributed by atoms with E-state index in [2.05, 4.69) is 10.2 Å². The highest BCUT2D eigenvalue weighted by Crippen LogP contribution is 2.33. The number of sulfone groups is 1. The van der Waals surface area contributed by atoms with Crippen molar-refractivity contribution in [1.29, 1.82) is 0 Å². The van der Waals surface area contributed by atoms with E-state index in [1.165, 1.54) is 0 Å². The average Bonchev–Trinajstić information content (AvgIpc) is 3.20. The van der Waals surface area contributed by atoms with Crippen LogP contribution in [0.2, 0.25) is 0 Å². The number of ether oxygens (including phenoxy) is 1. The van der Waals surface area contributed by atoms with Crippen molar-refractivity contribution in [2.45, 2.75) is 96.5 Å². The van der Waals surface area contributed by atoms with Gasteiger partial charge in [0.15, 0.2) is 9.84 Å². The fraction of sp³-hybridized carbons (Fsp3) is 0.714. The number of amides is 1. The summed E-state index contributed by atoms with van der Waals surface area (Å²) in [5, 5.41) is 2.95. The summed E-state index contributed by atoms with van der Waals surface area (Å²) in [6.07, 6.45) is 4.06. The summed E-state index contributed by atoms with van der Waals surface area (Å²) in [6.45, 7) is 12.4. The normalized spacial score (nSPS) is 23.4. The fourth-order valence-electron chi connectivity index (χ4n) is 4.97. The van der Waals surface area contributed by atoms with E-state index in [0.717, 1.165) is 56.4 Å². The van der Waals surface area contributed by atoms with Crippen LogP contribution in [-0.4, -0.2) is 55.5 Å². The molecule has 1 aliphatic heterocycles. The summed E-state index contributed by atoms with van der Waals surface area (Å²) in [5.41, 5.74) is 1.58. The molecular formula is C28H44N2O5S. The maximum absolute atomic E-state index is 12.9. The summed E-state index contributed by atoms with van der Waals surface area (Å²) in [6, 6.07) is 8.18. The molecule has 1 aliphatic carbocycles. The molecule has 3 rings (SSSR count). The third-order valence-corrected chi connectivity index (χ3v) is 10.1. The van der Waals surface area contributed by atoms with Crippen LogP contribution in [0.1, 0.15) is 79.2 Å². The number of carbonyl (C=O) groups excluding carboxylic acids is 2. The van der Waals surface area contributed by atoms with E-state index < -0.39 is 20.2 Å². The third-order valence-electron chi connectivity index (χ3n) is 7.28. The van der Waals surface area contributed by atoms with Gasteiger partial charge in [0, 0.05) is 31.1 Å². The summed E-state index contributed by atoms with van der Waals surface area (Å²) in [7, 11) is -3.13. The second-order valence-electron chi connectivity index (χ2n) is 12.5. The van der Waals surface area contributed by atoms with Crippen LogP contribution in [0.3, 0.4) is 0 Å². The van der Waals surface area contributed by atoms with Crippen LogP contribution in [0.5, 0.6) is 0 Å². The molecule has 1 aromatic rings. The number of hydrogen-bond donors (Lipinski definition) is 1. The number of anilines is 1. The van der Waals surface area contributed by atoms with Crippen LogP contribution in [0.25, 0.3) is 0 Å². The van der Waals surface area contributed by atoms with E-state index in [0.29, 0.717) is 6.42 Å². The second kappa shape index (κ2) is 11.1. The van der Waals surface area contributed by atoms with Gasteiger partial charge in [-0.15, -0.1) is 0 Å². The second-order valence-corrected chi connectivity index (χ2v) is 15.3. The molecule has 1 N–H and O–H groups in total. The van der Waals surface area contributed by atoms with E-state index in [-0.39, 0.29) is 35.5 Å². The quantitative estimate of drug-likeness (QED) is 0.549. The summed E-state index contributed by atoms with van der Waals surface area (Å²) in [4.78, 5) is 27.2. The number of alkyl carbamates (subject to hydrolysis) is 1. The van der Waals surface area contributed by atoms with Crippen molar-refractivity contribution in [3.63, 3.8) is 0 Å². The molecule has 7 nitrogen and oxygen atoms in total. The van der Waals surface area contributed by atoms with Crippen molar-refractivity contribution in [3.8, 4) is 0 Å². The summed E-state index contributed by atoms with van der Waals surface area (Å²) < 4.78 is 29.7. The van der Waals surface area contributed by atoms with Gasteiger partial charge in [0.05, 0.1) is 16.5 Å². The first kappa shape index (κ1) is 28.5. The van der Waals surface area contributed by atoms with Crippen LogP contribution in [0, 0.1) is 11.8 Å². The third kappa shape index (κ3) is 7.95. The minimum atomic E-state index is -3.13. The van der Waals surface area contributed by atoms with Crippen LogP contribution in [-0.2, 0) is 25.8 Å². The number of carbonyl (C=O) groups is 2. The van der Waals surface area contributed by atoms with Gasteiger partial charge in [-0.3, -0.25) is 4.79 Å². The fourth-order valence-corrected chi connectivity index (χ4v) is 6.42. The van der Waals surface area contributed by atoms with Gasteiger partial charge in [0.25, 0.3) is 0 Å². The predicted molar refractivity (Wildman–Crippen MR) is 144 cm³/mol. The average molecular weight is 521 g/mol. The maximum atomic E-state index is 12.9. The van der Waals surface area contributed by atoms with Gasteiger partial charge in [0.1, 0.15) is 11.4 Å². The lowest BCUT2D eigenvalue weighted by Gasteiger charge is -2.30. The monoisotopic (exact) mass is 520 g/mol. The highest BCUT2D eigenvalue weighted by atomic mass is 32.2. The number of nitrogens with zero attached hydrogens (tertiary/aromatic N) is 1. The van der Waals surface area contributed by atoms with Gasteiger partial charge < -0.3 is 15.0 Å². The number of Topliss-reactive ketones (excluding diaryl/α,β-unsaturated/α-hetero) is 1. The molecule has 0 aromatic heterocycles. The van der Waals surface area contributed by atoms with Crippen LogP contribution < -0.4 is 10.2 Å². The molecule has 36 heavy (non-hydrogen) atoms. The van der Waals surface area contributed by atoms with Crippen molar-refractivity contribution >= 4 is 27.4 Å². The molecule has 1 amide bonds. The van der Waals surface area contributed by atoms with Gasteiger partial charge >= 0.3 is 6.09 Å². The molecule has 202 valence electrons. The van der Waals surface area contributed by atoms with Gasteiger partial charge in [-0.2, -0.15) is 0 Å². The Hall–Kier alpha value is -2.09. The van der Waals surface area contributed by atoms with Crippen LogP contribution in [0.4, 0.5) is 10.5 Å². The lowest BCUT2D eigenvalue weighted by atomic mass is 9.79. The molecule has 1 heterocycles. The Morgan fingerprint density at radius 1 is 0.972 bits per heavy atom. The molecule has 0 bridgehead atoms. The molecule has 0 radical (unpaired) electrons. The number of hydrogen-bond acceptors (Lipinski definition) is 6. The molecule has 0 spiro atoms. The SMILES string of the molecule is CC(C)(C)OC(=O)NC1CCN(c2ccc(CC(=O)C3CCC(CS(=O)(=O)C(C)(C)C)CC3)cc2)C1. The Balaban J connectivity index is 1.45. The first-order chi connectivity index (χ1) is 16.6. The largest absolute Gasteiger partial charge is 0.444 e. The van der Waals surface area contributed by atoms with Crippen molar-refractivity contribution in [1.82, 2.24) is 5.32 Å². The highest BCUT2D eigenvalue weighted by molar-refractivity contribution is 7.92. The molecule has 1 aromatic carbocycles. The first-order valence-electron chi connectivity index (χ1n) is 13.2. The van der Waals surface area contributed by atoms with Gasteiger partial charge in [-0.05, 0) is 97.3 Å². The molecule has 8 heteroatoms. The van der Waals surface area contributed by atoms with Crippen molar-refractivity contribution < 1.29 is 22.7 Å². The van der Waals surface area contributed by atoms with Crippen LogP contribution >= 0.6 is 0 Å². The van der Waals surface area contributed by atoms with E-state index in [9.17, 15) is 18.0 Å². The van der Waals surface area contributed by atoms with Gasteiger partial charge in [-0.1, -0.05) is 12.1 Å². The van der Waals surface area contributed by atoms with Gasteiger partial charge in [-0.25, -0.2) is 13.2 Å². The Labute approximate surface area is 217 Å². The lowest BCUT2D eigenvalue weighted by Crippen LogP contribution is -2.40. The van der Waals surface area contributed by atoms with Crippen molar-refractivity contribution in [2.24, 2.45) is 11.8 Å². The zero-order valence-electron chi connectivity index (χ0n) is 22.8. The van der Waals surface area contributed by atoms with Gasteiger partial charge in [0.2, 0.25) is 0 Å². The zero-order chi connectivity index (χ0) is 26.7. The number of ketones is 1. The number of nitrogens with one attached hydrogen (secondary N) is 1. The topological polar surface area (TPSA) is 92.8 Å². The molecule has 1 saturated carbocycles. The van der Waals surface area contributed by atoms with Crippen LogP contribution in [0.15, 0.2) is 24.3 Å². The predicted octanol–water partition coefficient (Wildman–Crippen LogP) is 4.92. The molecular weight excluding hydrogens is 476 g/mol. The highest BCUT2D eigenvalue weighted by Gasteiger charge is 2.34. The smallest absolute Gasteiger partial charge is 0.407 e. The number of benzene rings is 1. The molecule has 1 atom stereocenters. The van der Waals surface area contributed by atoms with E-state index in [4.69, 9.17) is 4.74 Å². The summed E-state index contributed by atoms with van der Waals surface area (Å²) in [5.74, 6) is 0.662. The van der Waals surface area contributed by atoms with E-state index in [1.807, 2.05) is 45.0 Å². The lowest BCUT2D eigenvalue weighted by molar-refractivity contribution is -0.123. The minimum Gasteiger partial charge on any atom is -0.444 e. The zero-order valence-corrected chi connectivity index (χ0v) is 23.6. The standard InChI is InChI=1S/C28H44N2O5S/c1-27(2,3)35-26(32)29-23-15-16-30(18-23)24-13-9-20(10-14-24)17-25(31)22-11-7-21(8-12-22)19-36(33,34)28(4,5)6/h9-10,13-14,21-23H,7-8,11-12,15-19H2,1-6H3,(H,29,32). The molecule has 2 aliphatic rings. The molecule has 1 saturated heterocycles. The maximum Gasteiger partial charge on any atom is 0.407 e. The van der Waals surface area contributed by atoms with E-state index in [1.54, 1.807) is 20.8 Å². The molecule has 2 fully saturated rings. The Kier molecular flexibility index (Phi) is 8.79. The minimum absolute atomic E-state index is 0.0246. The van der Waals surface area contributed by atoms with Crippen molar-refractivity contribution in [3.05, 3.63) is 29.8 Å². The first-order valence-corrected chi connectivity index (χ1v) is 14.9. The Bertz CT molecular complexity index is 1010.